The molecule has 0 bridgehead atoms. The molecule has 0 unspecified atom stereocenters. The second kappa shape index (κ2) is 6.46. The maximum Gasteiger partial charge on any atom is 0.154 e. The molecular weight excluding hydrogens is 350 g/mol. The van der Waals surface area contributed by atoms with Crippen molar-refractivity contribution in [2.24, 2.45) is 0 Å². The van der Waals surface area contributed by atoms with Gasteiger partial charge in [-0.3, -0.25) is 0 Å². The predicted molar refractivity (Wildman–Crippen MR) is 101 cm³/mol. The van der Waals surface area contributed by atoms with Gasteiger partial charge in [-0.05, 0) is 32.0 Å². The molecule has 0 spiro atoms. The van der Waals surface area contributed by atoms with E-state index in [-0.39, 0.29) is 0 Å². The van der Waals surface area contributed by atoms with Crippen LogP contribution in [0.1, 0.15) is 17.0 Å². The number of nitriles is 1. The largest absolute Gasteiger partial charge is 0.352 e. The third-order valence-electron chi connectivity index (χ3n) is 4.78. The maximum absolute atomic E-state index is 8.94. The predicted octanol–water partition coefficient (Wildman–Crippen LogP) is 2.59. The van der Waals surface area contributed by atoms with Crippen molar-refractivity contribution in [2.75, 3.05) is 36.0 Å². The minimum atomic E-state index is 0.473. The molecule has 0 N–H and O–H groups in total. The number of halogens is 1. The Labute approximate surface area is 156 Å². The number of piperazine rings is 1. The summed E-state index contributed by atoms with van der Waals surface area (Å²) in [7, 11) is 0. The first-order valence-electron chi connectivity index (χ1n) is 8.45. The smallest absolute Gasteiger partial charge is 0.154 e. The first kappa shape index (κ1) is 16.6. The molecule has 0 radical (unpaired) electrons. The van der Waals surface area contributed by atoms with Gasteiger partial charge in [-0.1, -0.05) is 11.6 Å². The summed E-state index contributed by atoms with van der Waals surface area (Å²) in [5.41, 5.74) is 3.41. The van der Waals surface area contributed by atoms with E-state index >= 15 is 0 Å². The van der Waals surface area contributed by atoms with Crippen LogP contribution in [0.3, 0.4) is 0 Å². The van der Waals surface area contributed by atoms with Gasteiger partial charge in [0.25, 0.3) is 0 Å². The summed E-state index contributed by atoms with van der Waals surface area (Å²) in [5.74, 6) is 1.67. The van der Waals surface area contributed by atoms with E-state index in [9.17, 15) is 0 Å². The van der Waals surface area contributed by atoms with E-state index in [1.165, 1.54) is 0 Å². The van der Waals surface area contributed by atoms with Gasteiger partial charge in [0.2, 0.25) is 0 Å². The minimum absolute atomic E-state index is 0.473. The van der Waals surface area contributed by atoms with Crippen LogP contribution in [0.2, 0.25) is 5.02 Å². The molecule has 1 fully saturated rings. The Kier molecular flexibility index (Phi) is 4.13. The zero-order valence-electron chi connectivity index (χ0n) is 14.6. The summed E-state index contributed by atoms with van der Waals surface area (Å²) in [5, 5.41) is 14.2. The van der Waals surface area contributed by atoms with E-state index in [2.05, 4.69) is 25.8 Å². The van der Waals surface area contributed by atoms with Crippen LogP contribution in [0, 0.1) is 25.2 Å². The van der Waals surface area contributed by atoms with Crippen LogP contribution in [0.4, 0.5) is 11.6 Å². The van der Waals surface area contributed by atoms with Gasteiger partial charge in [-0.25, -0.2) is 14.5 Å². The van der Waals surface area contributed by atoms with Crippen LogP contribution < -0.4 is 9.80 Å². The number of imidazole rings is 1. The first-order chi connectivity index (χ1) is 12.6. The van der Waals surface area contributed by atoms with Crippen molar-refractivity contribution >= 4 is 28.9 Å². The van der Waals surface area contributed by atoms with Crippen molar-refractivity contribution in [3.05, 3.63) is 46.4 Å². The van der Waals surface area contributed by atoms with Gasteiger partial charge in [0.1, 0.15) is 17.7 Å². The monoisotopic (exact) mass is 367 g/mol. The van der Waals surface area contributed by atoms with Gasteiger partial charge in [-0.15, -0.1) is 5.10 Å². The van der Waals surface area contributed by atoms with E-state index in [0.717, 1.165) is 54.8 Å². The molecule has 0 saturated carbocycles. The van der Waals surface area contributed by atoms with Crippen LogP contribution in [-0.2, 0) is 0 Å². The van der Waals surface area contributed by atoms with Gasteiger partial charge in [0, 0.05) is 32.4 Å². The van der Waals surface area contributed by atoms with Gasteiger partial charge in [0.15, 0.2) is 5.65 Å². The topological polar surface area (TPSA) is 73.3 Å². The van der Waals surface area contributed by atoms with Crippen LogP contribution in [-0.4, -0.2) is 45.8 Å². The molecule has 1 aliphatic rings. The molecule has 3 aromatic heterocycles. The molecule has 7 nitrogen and oxygen atoms in total. The molecular formula is C18H18ClN7. The average molecular weight is 368 g/mol. The summed E-state index contributed by atoms with van der Waals surface area (Å²) in [4.78, 5) is 13.2. The number of anilines is 2. The summed E-state index contributed by atoms with van der Waals surface area (Å²) >= 11 is 6.29. The number of hydrogen-bond donors (Lipinski definition) is 0. The lowest BCUT2D eigenvalue weighted by atomic mass is 10.2. The van der Waals surface area contributed by atoms with Crippen molar-refractivity contribution in [3.63, 3.8) is 0 Å². The fourth-order valence-electron chi connectivity index (χ4n) is 3.18. The Morgan fingerprint density at radius 2 is 1.85 bits per heavy atom. The highest BCUT2D eigenvalue weighted by molar-refractivity contribution is 6.33. The minimum Gasteiger partial charge on any atom is -0.352 e. The molecule has 3 aromatic rings. The molecule has 4 heterocycles. The number of rotatable bonds is 2. The van der Waals surface area contributed by atoms with Crippen molar-refractivity contribution in [2.45, 2.75) is 13.8 Å². The van der Waals surface area contributed by atoms with Crippen LogP contribution in [0.25, 0.3) is 5.65 Å². The highest BCUT2D eigenvalue weighted by atomic mass is 35.5. The number of aryl methyl sites for hydroxylation is 2. The number of nitrogens with zero attached hydrogens (tertiary/aromatic N) is 7. The number of aromatic nitrogens is 4. The van der Waals surface area contributed by atoms with Crippen molar-refractivity contribution in [1.29, 1.82) is 5.26 Å². The molecule has 8 heteroatoms. The lowest BCUT2D eigenvalue weighted by molar-refractivity contribution is 0.635. The number of fused-ring (bicyclic) bond motifs is 1. The van der Waals surface area contributed by atoms with E-state index in [0.29, 0.717) is 10.6 Å². The molecule has 0 aliphatic carbocycles. The third kappa shape index (κ3) is 2.82. The fraction of sp³-hybridized carbons (Fsp3) is 0.333. The Balaban J connectivity index is 1.52. The van der Waals surface area contributed by atoms with Gasteiger partial charge < -0.3 is 9.80 Å². The van der Waals surface area contributed by atoms with Crippen LogP contribution in [0.15, 0.2) is 24.4 Å². The third-order valence-corrected chi connectivity index (χ3v) is 5.06. The molecule has 0 atom stereocenters. The van der Waals surface area contributed by atoms with Crippen LogP contribution >= 0.6 is 11.6 Å². The standard InChI is InChI=1S/C18H18ClN7/c1-12-13(2)26-16(22-12)3-4-17(23-26)24-5-7-25(8-6-24)18-15(19)9-14(10-20)11-21-18/h3-4,9,11H,5-8H2,1-2H3. The highest BCUT2D eigenvalue weighted by Gasteiger charge is 2.21. The van der Waals surface area contributed by atoms with E-state index in [1.54, 1.807) is 12.3 Å². The molecule has 132 valence electrons. The Morgan fingerprint density at radius 3 is 2.54 bits per heavy atom. The second-order valence-electron chi connectivity index (χ2n) is 6.36. The SMILES string of the molecule is Cc1nc2ccc(N3CCN(c4ncc(C#N)cc4Cl)CC3)nn2c1C. The number of pyridine rings is 1. The summed E-state index contributed by atoms with van der Waals surface area (Å²) in [6.45, 7) is 7.26. The van der Waals surface area contributed by atoms with Crippen molar-refractivity contribution in [3.8, 4) is 6.07 Å². The number of hydrogen-bond acceptors (Lipinski definition) is 6. The van der Waals surface area contributed by atoms with Crippen molar-refractivity contribution < 1.29 is 0 Å². The summed E-state index contributed by atoms with van der Waals surface area (Å²) in [6, 6.07) is 7.75. The zero-order chi connectivity index (χ0) is 18.3. The fourth-order valence-corrected chi connectivity index (χ4v) is 3.47. The Morgan fingerprint density at radius 1 is 1.12 bits per heavy atom. The highest BCUT2D eigenvalue weighted by Crippen LogP contribution is 2.26. The Bertz CT molecular complexity index is 1010. The van der Waals surface area contributed by atoms with Gasteiger partial charge in [-0.2, -0.15) is 5.26 Å². The molecule has 4 rings (SSSR count). The molecule has 1 saturated heterocycles. The van der Waals surface area contributed by atoms with E-state index < -0.39 is 0 Å². The van der Waals surface area contributed by atoms with Gasteiger partial charge in [0.05, 0.1) is 22.0 Å². The molecule has 1 aliphatic heterocycles. The average Bonchev–Trinajstić information content (AvgIpc) is 2.95. The van der Waals surface area contributed by atoms with E-state index in [4.69, 9.17) is 22.0 Å². The molecule has 26 heavy (non-hydrogen) atoms. The maximum atomic E-state index is 8.94. The summed E-state index contributed by atoms with van der Waals surface area (Å²) in [6.07, 6.45) is 1.56. The molecule has 0 amide bonds. The normalized spacial score (nSPS) is 14.7. The lowest BCUT2D eigenvalue weighted by Crippen LogP contribution is -2.47. The quantitative estimate of drug-likeness (QED) is 0.693. The second-order valence-corrected chi connectivity index (χ2v) is 6.77. The van der Waals surface area contributed by atoms with E-state index in [1.807, 2.05) is 30.5 Å². The lowest BCUT2D eigenvalue weighted by Gasteiger charge is -2.36. The van der Waals surface area contributed by atoms with Crippen LogP contribution in [0.5, 0.6) is 0 Å². The zero-order valence-corrected chi connectivity index (χ0v) is 15.4. The van der Waals surface area contributed by atoms with Gasteiger partial charge >= 0.3 is 0 Å². The summed E-state index contributed by atoms with van der Waals surface area (Å²) < 4.78 is 1.90. The first-order valence-corrected chi connectivity index (χ1v) is 8.83. The van der Waals surface area contributed by atoms with Crippen molar-refractivity contribution in [1.82, 2.24) is 19.6 Å². The Hall–Kier alpha value is -2.85. The molecule has 0 aromatic carbocycles.